The van der Waals surface area contributed by atoms with Gasteiger partial charge in [0.05, 0.1) is 22.0 Å². The Bertz CT molecular complexity index is 1180. The summed E-state index contributed by atoms with van der Waals surface area (Å²) in [5.41, 5.74) is -1.60. The van der Waals surface area contributed by atoms with Crippen molar-refractivity contribution in [3.8, 4) is 17.0 Å². The molecule has 0 atom stereocenters. The van der Waals surface area contributed by atoms with Crippen molar-refractivity contribution in [1.82, 2.24) is 9.97 Å². The molecule has 2 aromatic carbocycles. The molecule has 0 saturated heterocycles. The lowest BCUT2D eigenvalue weighted by molar-refractivity contribution is -0.274. The number of nitrogens with zero attached hydrogens (tertiary/aromatic N) is 2. The van der Waals surface area contributed by atoms with E-state index < -0.39 is 35.1 Å². The van der Waals surface area contributed by atoms with Crippen LogP contribution < -0.4 is 15.4 Å². The molecule has 0 saturated carbocycles. The summed E-state index contributed by atoms with van der Waals surface area (Å²) in [6.07, 6.45) is -9.59. The van der Waals surface area contributed by atoms with Gasteiger partial charge in [-0.2, -0.15) is 18.2 Å². The van der Waals surface area contributed by atoms with Gasteiger partial charge in [0.15, 0.2) is 0 Å². The Morgan fingerprint density at radius 2 is 1.56 bits per heavy atom. The molecule has 182 valence electrons. The summed E-state index contributed by atoms with van der Waals surface area (Å²) in [7, 11) is 0. The number of rotatable bonds is 5. The van der Waals surface area contributed by atoms with Crippen molar-refractivity contribution < 1.29 is 31.1 Å². The highest BCUT2D eigenvalue weighted by Gasteiger charge is 2.34. The number of aromatic nitrogens is 2. The molecule has 12 heteroatoms. The van der Waals surface area contributed by atoms with Crippen molar-refractivity contribution in [3.05, 3.63) is 59.1 Å². The summed E-state index contributed by atoms with van der Waals surface area (Å²) in [5.74, 6) is -0.498. The molecule has 0 aliphatic rings. The molecule has 0 unspecified atom stereocenters. The van der Waals surface area contributed by atoms with Crippen molar-refractivity contribution in [2.24, 2.45) is 0 Å². The molecule has 0 amide bonds. The van der Waals surface area contributed by atoms with E-state index in [9.17, 15) is 26.3 Å². The van der Waals surface area contributed by atoms with Crippen LogP contribution in [0.4, 0.5) is 43.8 Å². The molecule has 5 nitrogen and oxygen atoms in total. The van der Waals surface area contributed by atoms with Gasteiger partial charge in [-0.05, 0) is 45.0 Å². The third kappa shape index (κ3) is 6.89. The Labute approximate surface area is 196 Å². The summed E-state index contributed by atoms with van der Waals surface area (Å²) < 4.78 is 82.4. The smallest absolute Gasteiger partial charge is 0.406 e. The monoisotopic (exact) mass is 504 g/mol. The van der Waals surface area contributed by atoms with E-state index in [-0.39, 0.29) is 28.0 Å². The zero-order valence-electron chi connectivity index (χ0n) is 18.1. The number of para-hydroxylation sites is 1. The number of benzene rings is 2. The molecule has 0 radical (unpaired) electrons. The second-order valence-electron chi connectivity index (χ2n) is 8.20. The van der Waals surface area contributed by atoms with Gasteiger partial charge in [0.1, 0.15) is 11.6 Å². The molecule has 1 heterocycles. The zero-order valence-corrected chi connectivity index (χ0v) is 18.8. The standard InChI is InChI=1S/C22H19ClF6N4O/c1-20(2,3)33-19-30-16(12-6-4-7-13(10-12)34-22(27,28)29)11-17(32-19)31-18-14(21(24,25)26)8-5-9-15(18)23/h4-11H,1-3H3,(H2,30,31,32,33). The van der Waals surface area contributed by atoms with E-state index in [4.69, 9.17) is 11.6 Å². The summed E-state index contributed by atoms with van der Waals surface area (Å²) in [6, 6.07) is 9.65. The zero-order chi connectivity index (χ0) is 25.3. The van der Waals surface area contributed by atoms with E-state index >= 15 is 0 Å². The maximum Gasteiger partial charge on any atom is 0.573 e. The van der Waals surface area contributed by atoms with Crippen molar-refractivity contribution in [2.45, 2.75) is 38.8 Å². The maximum absolute atomic E-state index is 13.5. The van der Waals surface area contributed by atoms with E-state index in [0.717, 1.165) is 18.2 Å². The molecule has 0 fully saturated rings. The molecule has 0 bridgehead atoms. The number of alkyl halides is 6. The van der Waals surface area contributed by atoms with Crippen molar-refractivity contribution in [3.63, 3.8) is 0 Å². The highest BCUT2D eigenvalue weighted by atomic mass is 35.5. The molecule has 0 aliphatic heterocycles. The number of ether oxygens (including phenoxy) is 1. The first-order valence-corrected chi connectivity index (χ1v) is 10.1. The van der Waals surface area contributed by atoms with Gasteiger partial charge in [-0.1, -0.05) is 29.8 Å². The lowest BCUT2D eigenvalue weighted by Crippen LogP contribution is -2.27. The van der Waals surface area contributed by atoms with Crippen LogP contribution in [0.3, 0.4) is 0 Å². The molecule has 2 N–H and O–H groups in total. The topological polar surface area (TPSA) is 59.1 Å². The number of hydrogen-bond acceptors (Lipinski definition) is 5. The van der Waals surface area contributed by atoms with Crippen molar-refractivity contribution in [2.75, 3.05) is 10.6 Å². The maximum atomic E-state index is 13.5. The largest absolute Gasteiger partial charge is 0.573 e. The van der Waals surface area contributed by atoms with E-state index in [1.807, 2.05) is 20.8 Å². The van der Waals surface area contributed by atoms with E-state index in [1.165, 1.54) is 30.3 Å². The Morgan fingerprint density at radius 3 is 2.18 bits per heavy atom. The number of nitrogens with one attached hydrogen (secondary N) is 2. The Morgan fingerprint density at radius 1 is 0.882 bits per heavy atom. The summed E-state index contributed by atoms with van der Waals surface area (Å²) >= 11 is 6.03. The molecule has 0 aliphatic carbocycles. The average Bonchev–Trinajstić information content (AvgIpc) is 2.66. The predicted molar refractivity (Wildman–Crippen MR) is 117 cm³/mol. The second-order valence-corrected chi connectivity index (χ2v) is 8.61. The molecular formula is C22H19ClF6N4O. The third-order valence-electron chi connectivity index (χ3n) is 4.15. The van der Waals surface area contributed by atoms with Gasteiger partial charge in [0, 0.05) is 17.2 Å². The SMILES string of the molecule is CC(C)(C)Nc1nc(Nc2c(Cl)cccc2C(F)(F)F)cc(-c2cccc(OC(F)(F)F)c2)n1. The highest BCUT2D eigenvalue weighted by molar-refractivity contribution is 6.33. The Hall–Kier alpha value is -3.21. The first-order chi connectivity index (χ1) is 15.6. The van der Waals surface area contributed by atoms with Crippen molar-refractivity contribution >= 4 is 29.1 Å². The lowest BCUT2D eigenvalue weighted by atomic mass is 10.1. The van der Waals surface area contributed by atoms with Crippen molar-refractivity contribution in [1.29, 1.82) is 0 Å². The van der Waals surface area contributed by atoms with Crippen LogP contribution in [-0.4, -0.2) is 21.9 Å². The van der Waals surface area contributed by atoms with Crippen LogP contribution in [0.5, 0.6) is 5.75 Å². The molecular weight excluding hydrogens is 486 g/mol. The fraction of sp³-hybridized carbons (Fsp3) is 0.273. The van der Waals surface area contributed by atoms with Crippen LogP contribution in [0.25, 0.3) is 11.3 Å². The van der Waals surface area contributed by atoms with Crippen LogP contribution in [0.1, 0.15) is 26.3 Å². The van der Waals surface area contributed by atoms with Gasteiger partial charge in [-0.3, -0.25) is 0 Å². The van der Waals surface area contributed by atoms with Gasteiger partial charge in [-0.15, -0.1) is 13.2 Å². The minimum atomic E-state index is -4.89. The normalized spacial score (nSPS) is 12.4. The molecule has 3 rings (SSSR count). The van der Waals surface area contributed by atoms with Crippen LogP contribution in [-0.2, 0) is 6.18 Å². The first kappa shape index (κ1) is 25.4. The van der Waals surface area contributed by atoms with Crippen LogP contribution in [0, 0.1) is 0 Å². The third-order valence-corrected chi connectivity index (χ3v) is 4.46. The average molecular weight is 505 g/mol. The summed E-state index contributed by atoms with van der Waals surface area (Å²) in [6.45, 7) is 5.43. The van der Waals surface area contributed by atoms with E-state index in [2.05, 4.69) is 25.3 Å². The fourth-order valence-electron chi connectivity index (χ4n) is 2.92. The Kier molecular flexibility index (Phi) is 6.88. The molecule has 0 spiro atoms. The molecule has 34 heavy (non-hydrogen) atoms. The van der Waals surface area contributed by atoms with Gasteiger partial charge < -0.3 is 15.4 Å². The van der Waals surface area contributed by atoms with Crippen LogP contribution >= 0.6 is 11.6 Å². The Balaban J connectivity index is 2.10. The van der Waals surface area contributed by atoms with Gasteiger partial charge in [0.25, 0.3) is 0 Å². The lowest BCUT2D eigenvalue weighted by Gasteiger charge is -2.22. The minimum absolute atomic E-state index is 0.0373. The van der Waals surface area contributed by atoms with Gasteiger partial charge in [0.2, 0.25) is 5.95 Å². The number of anilines is 3. The highest BCUT2D eigenvalue weighted by Crippen LogP contribution is 2.40. The van der Waals surface area contributed by atoms with Gasteiger partial charge >= 0.3 is 12.5 Å². The quantitative estimate of drug-likeness (QED) is 0.349. The summed E-state index contributed by atoms with van der Waals surface area (Å²) in [4.78, 5) is 8.52. The second kappa shape index (κ2) is 9.21. The molecule has 1 aromatic heterocycles. The fourth-order valence-corrected chi connectivity index (χ4v) is 3.14. The number of hydrogen-bond donors (Lipinski definition) is 2. The van der Waals surface area contributed by atoms with Gasteiger partial charge in [-0.25, -0.2) is 4.98 Å². The minimum Gasteiger partial charge on any atom is -0.406 e. The first-order valence-electron chi connectivity index (χ1n) is 9.77. The predicted octanol–water partition coefficient (Wildman–Crippen LogP) is 7.67. The molecule has 3 aromatic rings. The van der Waals surface area contributed by atoms with Crippen LogP contribution in [0.15, 0.2) is 48.5 Å². The number of halogens is 7. The van der Waals surface area contributed by atoms with Crippen LogP contribution in [0.2, 0.25) is 5.02 Å². The summed E-state index contributed by atoms with van der Waals surface area (Å²) in [5, 5.41) is 5.39. The van der Waals surface area contributed by atoms with E-state index in [1.54, 1.807) is 0 Å². The van der Waals surface area contributed by atoms with E-state index in [0.29, 0.717) is 0 Å².